The number of nitrogens with zero attached hydrogens (tertiary/aromatic N) is 1. The van der Waals surface area contributed by atoms with Gasteiger partial charge in [0.05, 0.1) is 12.4 Å². The summed E-state index contributed by atoms with van der Waals surface area (Å²) >= 11 is 0. The summed E-state index contributed by atoms with van der Waals surface area (Å²) < 4.78 is 52.4. The molecular formula is C8H6F4NO. The first-order chi connectivity index (χ1) is 6.52. The van der Waals surface area contributed by atoms with E-state index in [1.807, 2.05) is 0 Å². The predicted octanol–water partition coefficient (Wildman–Crippen LogP) is 2.16. The van der Waals surface area contributed by atoms with E-state index in [2.05, 4.69) is 15.9 Å². The summed E-state index contributed by atoms with van der Waals surface area (Å²) in [6.07, 6.45) is -0.231. The topological polar surface area (TPSA) is 22.1 Å². The second kappa shape index (κ2) is 4.26. The lowest BCUT2D eigenvalue weighted by molar-refractivity contribution is -0.148. The highest BCUT2D eigenvalue weighted by Crippen LogP contribution is 2.23. The maximum absolute atomic E-state index is 12.3. The number of hydrogen-bond acceptors (Lipinski definition) is 2. The van der Waals surface area contributed by atoms with Gasteiger partial charge in [0.25, 0.3) is 0 Å². The molecule has 0 bridgehead atoms. The highest BCUT2D eigenvalue weighted by Gasteiger charge is 2.41. The third-order valence-corrected chi connectivity index (χ3v) is 1.34. The van der Waals surface area contributed by atoms with Crippen molar-refractivity contribution in [3.8, 4) is 5.75 Å². The molecule has 0 atom stereocenters. The molecule has 6 heteroatoms. The van der Waals surface area contributed by atoms with Gasteiger partial charge in [0, 0.05) is 0 Å². The lowest BCUT2D eigenvalue weighted by atomic mass is 10.4. The van der Waals surface area contributed by atoms with Crippen LogP contribution in [-0.2, 0) is 0 Å². The van der Waals surface area contributed by atoms with Gasteiger partial charge in [-0.3, -0.25) is 4.98 Å². The van der Waals surface area contributed by atoms with Crippen molar-refractivity contribution in [2.75, 3.05) is 6.61 Å². The molecule has 0 aliphatic rings. The average Bonchev–Trinajstić information content (AvgIpc) is 2.16. The number of aromatic nitrogens is 1. The fourth-order valence-electron chi connectivity index (χ4n) is 0.634. The first kappa shape index (κ1) is 10.7. The van der Waals surface area contributed by atoms with Gasteiger partial charge in [-0.1, -0.05) is 0 Å². The van der Waals surface area contributed by atoms with Gasteiger partial charge < -0.3 is 4.74 Å². The molecule has 0 fully saturated rings. The second-order valence-electron chi connectivity index (χ2n) is 2.47. The highest BCUT2D eigenvalue weighted by atomic mass is 19.3. The quantitative estimate of drug-likeness (QED) is 0.707. The van der Waals surface area contributed by atoms with E-state index in [1.54, 1.807) is 0 Å². The Bertz CT molecular complexity index is 278. The zero-order valence-corrected chi connectivity index (χ0v) is 6.88. The lowest BCUT2D eigenvalue weighted by Gasteiger charge is -2.15. The Balaban J connectivity index is 2.49. The summed E-state index contributed by atoms with van der Waals surface area (Å²) in [5.41, 5.74) is 0. The molecule has 0 aromatic carbocycles. The van der Waals surface area contributed by atoms with Gasteiger partial charge in [0.15, 0.2) is 6.61 Å². The molecule has 0 saturated heterocycles. The van der Waals surface area contributed by atoms with Crippen LogP contribution >= 0.6 is 0 Å². The number of ether oxygens (including phenoxy) is 1. The molecule has 1 aromatic rings. The van der Waals surface area contributed by atoms with Gasteiger partial charge in [-0.2, -0.15) is 8.78 Å². The Kier molecular flexibility index (Phi) is 3.27. The normalized spacial score (nSPS) is 11.8. The Morgan fingerprint density at radius 1 is 1.50 bits per heavy atom. The molecule has 77 valence electrons. The Labute approximate surface area is 77.5 Å². The van der Waals surface area contributed by atoms with Gasteiger partial charge in [0.2, 0.25) is 0 Å². The monoisotopic (exact) mass is 208 g/mol. The predicted molar refractivity (Wildman–Crippen MR) is 39.5 cm³/mol. The van der Waals surface area contributed by atoms with E-state index < -0.39 is 19.0 Å². The SMILES string of the molecule is FC(F)C(F)(F)COc1cc[c]nc1. The molecule has 0 aliphatic heterocycles. The van der Waals surface area contributed by atoms with Crippen LogP contribution in [-0.4, -0.2) is 23.9 Å². The van der Waals surface area contributed by atoms with Crippen molar-refractivity contribution in [1.82, 2.24) is 4.98 Å². The second-order valence-corrected chi connectivity index (χ2v) is 2.47. The van der Waals surface area contributed by atoms with Gasteiger partial charge in [0.1, 0.15) is 5.75 Å². The van der Waals surface area contributed by atoms with Crippen LogP contribution in [0.1, 0.15) is 0 Å². The number of hydrogen-bond donors (Lipinski definition) is 0. The van der Waals surface area contributed by atoms with Crippen LogP contribution in [0, 0.1) is 6.20 Å². The molecule has 1 radical (unpaired) electrons. The van der Waals surface area contributed by atoms with Gasteiger partial charge in [-0.25, -0.2) is 8.78 Å². The van der Waals surface area contributed by atoms with Crippen LogP contribution in [0.5, 0.6) is 5.75 Å². The minimum Gasteiger partial charge on any atom is -0.485 e. The van der Waals surface area contributed by atoms with Crippen molar-refractivity contribution < 1.29 is 22.3 Å². The fourth-order valence-corrected chi connectivity index (χ4v) is 0.634. The van der Waals surface area contributed by atoms with Crippen LogP contribution in [0.4, 0.5) is 17.6 Å². The van der Waals surface area contributed by atoms with Crippen LogP contribution in [0.25, 0.3) is 0 Å². The van der Waals surface area contributed by atoms with Crippen LogP contribution in [0.2, 0.25) is 0 Å². The molecule has 0 unspecified atom stereocenters. The standard InChI is InChI=1S/C8H6F4NO/c9-7(10)8(11,12)5-14-6-2-1-3-13-4-6/h1-2,4,7H,5H2. The van der Waals surface area contributed by atoms with E-state index >= 15 is 0 Å². The van der Waals surface area contributed by atoms with Gasteiger partial charge >= 0.3 is 12.3 Å². The number of pyridine rings is 1. The molecule has 0 N–H and O–H groups in total. The van der Waals surface area contributed by atoms with Crippen molar-refractivity contribution in [1.29, 1.82) is 0 Å². The Hall–Kier alpha value is -1.33. The first-order valence-electron chi connectivity index (χ1n) is 3.63. The van der Waals surface area contributed by atoms with E-state index in [1.165, 1.54) is 12.1 Å². The summed E-state index contributed by atoms with van der Waals surface area (Å²) in [7, 11) is 0. The number of alkyl halides is 4. The van der Waals surface area contributed by atoms with Crippen molar-refractivity contribution >= 4 is 0 Å². The van der Waals surface area contributed by atoms with E-state index in [-0.39, 0.29) is 5.75 Å². The van der Waals surface area contributed by atoms with Crippen molar-refractivity contribution in [2.24, 2.45) is 0 Å². The molecule has 1 heterocycles. The molecule has 14 heavy (non-hydrogen) atoms. The van der Waals surface area contributed by atoms with Gasteiger partial charge in [-0.15, -0.1) is 0 Å². The molecule has 0 aliphatic carbocycles. The maximum atomic E-state index is 12.3. The highest BCUT2D eigenvalue weighted by molar-refractivity contribution is 5.15. The summed E-state index contributed by atoms with van der Waals surface area (Å²) in [4.78, 5) is 3.45. The van der Waals surface area contributed by atoms with Crippen molar-refractivity contribution in [3.05, 3.63) is 24.5 Å². The minimum absolute atomic E-state index is 0.00377. The zero-order valence-electron chi connectivity index (χ0n) is 6.88. The maximum Gasteiger partial charge on any atom is 0.340 e. The zero-order chi connectivity index (χ0) is 10.6. The minimum atomic E-state index is -4.14. The number of halogens is 4. The van der Waals surface area contributed by atoms with Crippen LogP contribution in [0.3, 0.4) is 0 Å². The van der Waals surface area contributed by atoms with E-state index in [0.717, 1.165) is 6.20 Å². The summed E-state index contributed by atoms with van der Waals surface area (Å²) in [6.45, 7) is -1.36. The third-order valence-electron chi connectivity index (χ3n) is 1.34. The summed E-state index contributed by atoms with van der Waals surface area (Å²) in [6, 6.07) is 2.63. The van der Waals surface area contributed by atoms with Gasteiger partial charge in [-0.05, 0) is 12.1 Å². The molecule has 1 rings (SSSR count). The molecule has 2 nitrogen and oxygen atoms in total. The van der Waals surface area contributed by atoms with Crippen molar-refractivity contribution in [3.63, 3.8) is 0 Å². The third kappa shape index (κ3) is 2.86. The Morgan fingerprint density at radius 3 is 2.71 bits per heavy atom. The van der Waals surface area contributed by atoms with Crippen LogP contribution in [0.15, 0.2) is 18.3 Å². The molecule has 0 amide bonds. The molecule has 1 aromatic heterocycles. The average molecular weight is 208 g/mol. The fraction of sp³-hybridized carbons (Fsp3) is 0.375. The first-order valence-corrected chi connectivity index (χ1v) is 3.63. The summed E-state index contributed by atoms with van der Waals surface area (Å²) in [5.74, 6) is -4.14. The Morgan fingerprint density at radius 2 is 2.21 bits per heavy atom. The van der Waals surface area contributed by atoms with E-state index in [9.17, 15) is 17.6 Å². The van der Waals surface area contributed by atoms with E-state index in [0.29, 0.717) is 0 Å². The lowest BCUT2D eigenvalue weighted by Crippen LogP contribution is -2.33. The largest absolute Gasteiger partial charge is 0.485 e. The van der Waals surface area contributed by atoms with Crippen molar-refractivity contribution in [2.45, 2.75) is 12.3 Å². The molecule has 0 saturated carbocycles. The smallest absolute Gasteiger partial charge is 0.340 e. The molecule has 0 spiro atoms. The van der Waals surface area contributed by atoms with E-state index in [4.69, 9.17) is 0 Å². The van der Waals surface area contributed by atoms with Crippen LogP contribution < -0.4 is 4.74 Å². The number of rotatable bonds is 4. The molecular weight excluding hydrogens is 202 g/mol. The summed E-state index contributed by atoms with van der Waals surface area (Å²) in [5, 5.41) is 0.